The maximum absolute atomic E-state index is 13.1. The molecule has 0 heterocycles. The van der Waals surface area contributed by atoms with Crippen molar-refractivity contribution in [3.05, 3.63) is 24.0 Å². The number of hydrazine groups is 1. The predicted octanol–water partition coefficient (Wildman–Crippen LogP) is 2.64. The van der Waals surface area contributed by atoms with Crippen molar-refractivity contribution in [2.24, 2.45) is 10.8 Å². The predicted molar refractivity (Wildman–Crippen MR) is 62.0 cm³/mol. The molecule has 0 saturated carbocycles. The molecule has 1 aromatic carbocycles. The molecule has 0 saturated heterocycles. The first kappa shape index (κ1) is 11.7. The second-order valence-corrected chi connectivity index (χ2v) is 3.46. The van der Waals surface area contributed by atoms with Crippen LogP contribution in [0, 0.1) is 5.82 Å². The van der Waals surface area contributed by atoms with E-state index >= 15 is 0 Å². The normalized spacial score (nSPS) is 12.3. The molecule has 0 aliphatic heterocycles. The van der Waals surface area contributed by atoms with Crippen molar-refractivity contribution in [1.82, 2.24) is 0 Å². The van der Waals surface area contributed by atoms with Crippen molar-refractivity contribution in [2.75, 3.05) is 5.01 Å². The third kappa shape index (κ3) is 2.53. The van der Waals surface area contributed by atoms with E-state index in [9.17, 15) is 4.39 Å². The minimum absolute atomic E-state index is 0.132. The summed E-state index contributed by atoms with van der Waals surface area (Å²) in [7, 11) is 0. The van der Waals surface area contributed by atoms with Crippen LogP contribution in [0.3, 0.4) is 0 Å². The first-order chi connectivity index (χ1) is 7.10. The molecule has 0 aliphatic carbocycles. The Morgan fingerprint density at radius 2 is 2.27 bits per heavy atom. The number of hydrogen-bond donors (Lipinski definition) is 1. The van der Waals surface area contributed by atoms with Gasteiger partial charge in [0.15, 0.2) is 0 Å². The van der Waals surface area contributed by atoms with Crippen LogP contribution in [0.1, 0.15) is 20.3 Å². The minimum Gasteiger partial charge on any atom is -0.306 e. The van der Waals surface area contributed by atoms with Gasteiger partial charge < -0.3 is 5.01 Å². The molecule has 0 aromatic heterocycles. The number of nitrogens with zero attached hydrogens (tertiary/aromatic N) is 2. The van der Waals surface area contributed by atoms with E-state index < -0.39 is 0 Å². The Hall–Kier alpha value is -1.42. The topological polar surface area (TPSA) is 41.6 Å². The smallest absolute Gasteiger partial charge is 0.125 e. The molecule has 0 aliphatic rings. The molecule has 1 unspecified atom stereocenters. The van der Waals surface area contributed by atoms with Gasteiger partial charge in [-0.25, -0.2) is 10.2 Å². The summed E-state index contributed by atoms with van der Waals surface area (Å²) in [5.41, 5.74) is 1.17. The molecule has 0 radical (unpaired) electrons. The van der Waals surface area contributed by atoms with Crippen molar-refractivity contribution >= 4 is 18.1 Å². The highest BCUT2D eigenvalue weighted by Crippen LogP contribution is 2.28. The van der Waals surface area contributed by atoms with Gasteiger partial charge in [0.25, 0.3) is 0 Å². The third-order valence-electron chi connectivity index (χ3n) is 2.45. The first-order valence-electron chi connectivity index (χ1n) is 4.90. The van der Waals surface area contributed by atoms with Gasteiger partial charge in [0.1, 0.15) is 5.82 Å². The zero-order chi connectivity index (χ0) is 11.4. The minimum atomic E-state index is -0.323. The lowest BCUT2D eigenvalue weighted by Crippen LogP contribution is -2.39. The van der Waals surface area contributed by atoms with Gasteiger partial charge in [-0.05, 0) is 32.2 Å². The van der Waals surface area contributed by atoms with Crippen LogP contribution in [0.25, 0.3) is 0 Å². The van der Waals surface area contributed by atoms with Crippen LogP contribution in [-0.2, 0) is 0 Å². The Morgan fingerprint density at radius 1 is 1.60 bits per heavy atom. The summed E-state index contributed by atoms with van der Waals surface area (Å²) < 4.78 is 13.1. The summed E-state index contributed by atoms with van der Waals surface area (Å²) in [6, 6.07) is 4.42. The van der Waals surface area contributed by atoms with Crippen LogP contribution in [0.4, 0.5) is 15.8 Å². The summed E-state index contributed by atoms with van der Waals surface area (Å²) in [5, 5.41) is 1.52. The van der Waals surface area contributed by atoms with Crippen LogP contribution >= 0.6 is 0 Å². The molecule has 15 heavy (non-hydrogen) atoms. The number of rotatable bonds is 4. The Balaban J connectivity index is 3.10. The van der Waals surface area contributed by atoms with E-state index in [-0.39, 0.29) is 11.9 Å². The van der Waals surface area contributed by atoms with E-state index in [2.05, 4.69) is 11.7 Å². The Labute approximate surface area is 89.4 Å². The van der Waals surface area contributed by atoms with Gasteiger partial charge in [-0.1, -0.05) is 6.92 Å². The standard InChI is InChI=1S/C11H16FN3/c1-4-8(2)15(13)11-7-9(12)5-6-10(11)14-3/h5-8H,3-4,13H2,1-2H3. The highest BCUT2D eigenvalue weighted by atomic mass is 19.1. The molecule has 2 N–H and O–H groups in total. The fraction of sp³-hybridized carbons (Fsp3) is 0.364. The molecular formula is C11H16FN3. The summed E-state index contributed by atoms with van der Waals surface area (Å²) in [6.07, 6.45) is 0.879. The zero-order valence-corrected chi connectivity index (χ0v) is 9.07. The second-order valence-electron chi connectivity index (χ2n) is 3.46. The van der Waals surface area contributed by atoms with Gasteiger partial charge >= 0.3 is 0 Å². The van der Waals surface area contributed by atoms with Gasteiger partial charge in [0.05, 0.1) is 11.4 Å². The van der Waals surface area contributed by atoms with Crippen LogP contribution in [0.2, 0.25) is 0 Å². The van der Waals surface area contributed by atoms with Gasteiger partial charge in [0.2, 0.25) is 0 Å². The number of benzene rings is 1. The lowest BCUT2D eigenvalue weighted by atomic mass is 10.2. The Bertz CT molecular complexity index is 352. The number of anilines is 1. The molecule has 0 bridgehead atoms. The maximum atomic E-state index is 13.1. The Morgan fingerprint density at radius 3 is 2.80 bits per heavy atom. The summed E-state index contributed by atoms with van der Waals surface area (Å²) >= 11 is 0. The lowest BCUT2D eigenvalue weighted by molar-refractivity contribution is 0.613. The van der Waals surface area contributed by atoms with Crippen LogP contribution < -0.4 is 10.9 Å². The van der Waals surface area contributed by atoms with Gasteiger partial charge in [0, 0.05) is 12.1 Å². The lowest BCUT2D eigenvalue weighted by Gasteiger charge is -2.26. The SMILES string of the molecule is C=Nc1ccc(F)cc1N(N)C(C)CC. The number of hydrogen-bond acceptors (Lipinski definition) is 3. The molecule has 0 fully saturated rings. The van der Waals surface area contributed by atoms with Crippen molar-refractivity contribution < 1.29 is 4.39 Å². The maximum Gasteiger partial charge on any atom is 0.125 e. The van der Waals surface area contributed by atoms with Crippen molar-refractivity contribution in [2.45, 2.75) is 26.3 Å². The average molecular weight is 209 g/mol. The highest BCUT2D eigenvalue weighted by molar-refractivity contribution is 5.68. The van der Waals surface area contributed by atoms with Crippen molar-refractivity contribution in [3.63, 3.8) is 0 Å². The van der Waals surface area contributed by atoms with E-state index in [4.69, 9.17) is 5.84 Å². The molecule has 3 nitrogen and oxygen atoms in total. The molecule has 1 rings (SSSR count). The molecule has 0 amide bonds. The van der Waals surface area contributed by atoms with E-state index in [1.807, 2.05) is 13.8 Å². The third-order valence-corrected chi connectivity index (χ3v) is 2.45. The van der Waals surface area contributed by atoms with Crippen LogP contribution in [0.15, 0.2) is 23.2 Å². The number of halogens is 1. The molecule has 1 atom stereocenters. The zero-order valence-electron chi connectivity index (χ0n) is 9.07. The Kier molecular flexibility index (Phi) is 3.80. The van der Waals surface area contributed by atoms with E-state index in [1.165, 1.54) is 17.1 Å². The van der Waals surface area contributed by atoms with E-state index in [1.54, 1.807) is 6.07 Å². The summed E-state index contributed by atoms with van der Waals surface area (Å²) in [4.78, 5) is 3.81. The van der Waals surface area contributed by atoms with Crippen molar-refractivity contribution in [1.29, 1.82) is 0 Å². The van der Waals surface area contributed by atoms with Crippen molar-refractivity contribution in [3.8, 4) is 0 Å². The molecule has 4 heteroatoms. The van der Waals surface area contributed by atoms with E-state index in [0.717, 1.165) is 6.42 Å². The van der Waals surface area contributed by atoms with Gasteiger partial charge in [-0.15, -0.1) is 0 Å². The molecular weight excluding hydrogens is 193 g/mol. The highest BCUT2D eigenvalue weighted by Gasteiger charge is 2.13. The fourth-order valence-corrected chi connectivity index (χ4v) is 1.27. The second kappa shape index (κ2) is 4.89. The average Bonchev–Trinajstić information content (AvgIpc) is 2.27. The largest absolute Gasteiger partial charge is 0.306 e. The first-order valence-corrected chi connectivity index (χ1v) is 4.90. The van der Waals surface area contributed by atoms with E-state index in [0.29, 0.717) is 11.4 Å². The quantitative estimate of drug-likeness (QED) is 0.470. The summed E-state index contributed by atoms with van der Waals surface area (Å²) in [5.74, 6) is 5.55. The number of nitrogens with two attached hydrogens (primary N) is 1. The summed E-state index contributed by atoms with van der Waals surface area (Å²) in [6.45, 7) is 7.42. The molecule has 82 valence electrons. The molecule has 0 spiro atoms. The molecule has 1 aromatic rings. The van der Waals surface area contributed by atoms with Gasteiger partial charge in [-0.2, -0.15) is 0 Å². The number of aliphatic imine (C=N–C) groups is 1. The van der Waals surface area contributed by atoms with Crippen LogP contribution in [-0.4, -0.2) is 12.8 Å². The fourth-order valence-electron chi connectivity index (χ4n) is 1.27. The van der Waals surface area contributed by atoms with Gasteiger partial charge in [-0.3, -0.25) is 4.99 Å². The monoisotopic (exact) mass is 209 g/mol. The van der Waals surface area contributed by atoms with Crippen LogP contribution in [0.5, 0.6) is 0 Å².